The maximum Gasteiger partial charge on any atom is 0.155 e. The molecule has 3 heteroatoms. The van der Waals surface area contributed by atoms with Crippen LogP contribution in [-0.2, 0) is 14.4 Å². The second-order valence-electron chi connectivity index (χ2n) is 4.61. The molecule has 0 saturated carbocycles. The Balaban J connectivity index is 3.02. The van der Waals surface area contributed by atoms with Gasteiger partial charge in [0, 0.05) is 0 Å². The molecule has 0 aliphatic rings. The Hall–Kier alpha value is -2.03. The molecule has 0 saturated heterocycles. The number of carbonyl (C=O) groups is 3. The topological polar surface area (TPSA) is 51.2 Å². The Morgan fingerprint density at radius 3 is 1.95 bits per heavy atom. The first-order valence-electron chi connectivity index (χ1n) is 6.19. The molecule has 0 aliphatic heterocycles. The summed E-state index contributed by atoms with van der Waals surface area (Å²) >= 11 is 0. The van der Waals surface area contributed by atoms with Crippen molar-refractivity contribution in [3.8, 4) is 0 Å². The fourth-order valence-electron chi connectivity index (χ4n) is 1.85. The van der Waals surface area contributed by atoms with E-state index in [1.54, 1.807) is 6.08 Å². The summed E-state index contributed by atoms with van der Waals surface area (Å²) in [6, 6.07) is 9.38. The number of rotatable bonds is 6. The maximum atomic E-state index is 11.6. The second-order valence-corrected chi connectivity index (χ2v) is 4.61. The molecule has 1 aromatic carbocycles. The Labute approximate surface area is 113 Å². The van der Waals surface area contributed by atoms with E-state index >= 15 is 0 Å². The number of hydrogen-bond donors (Lipinski definition) is 0. The minimum Gasteiger partial charge on any atom is -0.299 e. The predicted octanol–water partition coefficient (Wildman–Crippen LogP) is 2.84. The lowest BCUT2D eigenvalue weighted by molar-refractivity contribution is -0.130. The Morgan fingerprint density at radius 2 is 1.53 bits per heavy atom. The van der Waals surface area contributed by atoms with Gasteiger partial charge in [-0.1, -0.05) is 30.3 Å². The van der Waals surface area contributed by atoms with Crippen LogP contribution in [-0.4, -0.2) is 17.3 Å². The van der Waals surface area contributed by atoms with Gasteiger partial charge in [0.15, 0.2) is 5.78 Å². The van der Waals surface area contributed by atoms with Gasteiger partial charge in [0.1, 0.15) is 11.6 Å². The lowest BCUT2D eigenvalue weighted by Crippen LogP contribution is -2.21. The maximum absolute atomic E-state index is 11.6. The summed E-state index contributed by atoms with van der Waals surface area (Å²) in [5, 5.41) is 0. The van der Waals surface area contributed by atoms with Gasteiger partial charge in [-0.25, -0.2) is 0 Å². The zero-order chi connectivity index (χ0) is 14.4. The monoisotopic (exact) mass is 258 g/mol. The number of hydrogen-bond acceptors (Lipinski definition) is 3. The molecule has 3 nitrogen and oxygen atoms in total. The van der Waals surface area contributed by atoms with Crippen LogP contribution in [0.15, 0.2) is 35.9 Å². The number of benzene rings is 1. The highest BCUT2D eigenvalue weighted by Gasteiger charge is 2.22. The summed E-state index contributed by atoms with van der Waals surface area (Å²) in [4.78, 5) is 34.5. The molecule has 0 heterocycles. The summed E-state index contributed by atoms with van der Waals surface area (Å²) in [6.07, 6.45) is 1.91. The van der Waals surface area contributed by atoms with Gasteiger partial charge in [0.25, 0.3) is 0 Å². The molecular weight excluding hydrogens is 240 g/mol. The molecule has 0 bridgehead atoms. The highest BCUT2D eigenvalue weighted by molar-refractivity contribution is 6.04. The van der Waals surface area contributed by atoms with Crippen molar-refractivity contribution in [3.05, 3.63) is 41.5 Å². The smallest absolute Gasteiger partial charge is 0.155 e. The van der Waals surface area contributed by atoms with E-state index in [1.807, 2.05) is 30.3 Å². The number of Topliss-reactive ketones (excluding diaryl/α,β-unsaturated/α-hetero) is 3. The summed E-state index contributed by atoms with van der Waals surface area (Å²) in [5.41, 5.74) is 1.39. The fraction of sp³-hybridized carbons (Fsp3) is 0.312. The Kier molecular flexibility index (Phi) is 5.37. The van der Waals surface area contributed by atoms with Gasteiger partial charge in [0.05, 0.1) is 5.92 Å². The van der Waals surface area contributed by atoms with Crippen molar-refractivity contribution in [2.24, 2.45) is 5.92 Å². The normalized spacial score (nSPS) is 11.5. The van der Waals surface area contributed by atoms with Crippen LogP contribution >= 0.6 is 0 Å². The summed E-state index contributed by atoms with van der Waals surface area (Å²) < 4.78 is 0. The lowest BCUT2D eigenvalue weighted by Gasteiger charge is -2.11. The van der Waals surface area contributed by atoms with Crippen LogP contribution in [0.2, 0.25) is 0 Å². The molecule has 0 atom stereocenters. The first-order valence-corrected chi connectivity index (χ1v) is 6.19. The number of carbonyl (C=O) groups excluding carboxylic acids is 3. The first-order chi connectivity index (χ1) is 8.91. The third kappa shape index (κ3) is 4.62. The van der Waals surface area contributed by atoms with E-state index in [2.05, 4.69) is 0 Å². The zero-order valence-electron chi connectivity index (χ0n) is 11.5. The van der Waals surface area contributed by atoms with E-state index in [-0.39, 0.29) is 23.8 Å². The van der Waals surface area contributed by atoms with Crippen molar-refractivity contribution in [2.45, 2.75) is 27.2 Å². The largest absolute Gasteiger partial charge is 0.299 e. The van der Waals surface area contributed by atoms with Crippen LogP contribution < -0.4 is 0 Å². The molecule has 0 spiro atoms. The second kappa shape index (κ2) is 6.78. The van der Waals surface area contributed by atoms with Gasteiger partial charge in [-0.3, -0.25) is 14.4 Å². The van der Waals surface area contributed by atoms with Crippen molar-refractivity contribution in [3.63, 3.8) is 0 Å². The van der Waals surface area contributed by atoms with Crippen LogP contribution in [0.5, 0.6) is 0 Å². The SMILES string of the molecule is CC(=O)/C(=C\c1ccccc1)CC(C(C)=O)C(C)=O. The average Bonchev–Trinajstić information content (AvgIpc) is 2.34. The van der Waals surface area contributed by atoms with Gasteiger partial charge in [0.2, 0.25) is 0 Å². The van der Waals surface area contributed by atoms with Crippen LogP contribution in [0, 0.1) is 5.92 Å². The van der Waals surface area contributed by atoms with Crippen LogP contribution in [0.25, 0.3) is 6.08 Å². The van der Waals surface area contributed by atoms with Gasteiger partial charge < -0.3 is 0 Å². The van der Waals surface area contributed by atoms with Crippen LogP contribution in [0.1, 0.15) is 32.8 Å². The third-order valence-corrected chi connectivity index (χ3v) is 3.00. The van der Waals surface area contributed by atoms with E-state index in [9.17, 15) is 14.4 Å². The molecule has 19 heavy (non-hydrogen) atoms. The molecule has 0 radical (unpaired) electrons. The lowest BCUT2D eigenvalue weighted by atomic mass is 9.90. The molecule has 0 unspecified atom stereocenters. The predicted molar refractivity (Wildman–Crippen MR) is 74.6 cm³/mol. The van der Waals surface area contributed by atoms with Gasteiger partial charge in [-0.05, 0) is 44.4 Å². The van der Waals surface area contributed by atoms with Gasteiger partial charge in [-0.2, -0.15) is 0 Å². The summed E-state index contributed by atoms with van der Waals surface area (Å²) in [5.74, 6) is -1.24. The third-order valence-electron chi connectivity index (χ3n) is 3.00. The highest BCUT2D eigenvalue weighted by atomic mass is 16.1. The van der Waals surface area contributed by atoms with Gasteiger partial charge in [-0.15, -0.1) is 0 Å². The van der Waals surface area contributed by atoms with Crippen molar-refractivity contribution >= 4 is 23.4 Å². The van der Waals surface area contributed by atoms with Crippen molar-refractivity contribution in [1.29, 1.82) is 0 Å². The van der Waals surface area contributed by atoms with Crippen molar-refractivity contribution in [1.82, 2.24) is 0 Å². The zero-order valence-corrected chi connectivity index (χ0v) is 11.5. The van der Waals surface area contributed by atoms with E-state index < -0.39 is 5.92 Å². The molecular formula is C16H18O3. The van der Waals surface area contributed by atoms with E-state index in [1.165, 1.54) is 20.8 Å². The average molecular weight is 258 g/mol. The number of allylic oxidation sites excluding steroid dienone is 1. The minimum atomic E-state index is -0.723. The minimum absolute atomic E-state index is 0.114. The molecule has 0 aliphatic carbocycles. The van der Waals surface area contributed by atoms with Crippen LogP contribution in [0.4, 0.5) is 0 Å². The Morgan fingerprint density at radius 1 is 1.00 bits per heavy atom. The molecule has 0 N–H and O–H groups in total. The van der Waals surface area contributed by atoms with Gasteiger partial charge >= 0.3 is 0 Å². The van der Waals surface area contributed by atoms with Crippen LogP contribution in [0.3, 0.4) is 0 Å². The van der Waals surface area contributed by atoms with Crippen molar-refractivity contribution < 1.29 is 14.4 Å². The molecule has 0 amide bonds. The highest BCUT2D eigenvalue weighted by Crippen LogP contribution is 2.18. The van der Waals surface area contributed by atoms with Crippen molar-refractivity contribution in [2.75, 3.05) is 0 Å². The Bertz CT molecular complexity index is 498. The molecule has 100 valence electrons. The van der Waals surface area contributed by atoms with E-state index in [0.29, 0.717) is 5.57 Å². The first kappa shape index (κ1) is 15.0. The summed E-state index contributed by atoms with van der Waals surface area (Å²) in [6.45, 7) is 4.21. The van der Waals surface area contributed by atoms with E-state index in [4.69, 9.17) is 0 Å². The standard InChI is InChI=1S/C16H18O3/c1-11(17)15(9-14-7-5-4-6-8-14)10-16(12(2)18)13(3)19/h4-9,16H,10H2,1-3H3/b15-9-. The number of ketones is 3. The summed E-state index contributed by atoms with van der Waals surface area (Å²) in [7, 11) is 0. The quantitative estimate of drug-likeness (QED) is 0.582. The fourth-order valence-corrected chi connectivity index (χ4v) is 1.85. The molecule has 0 fully saturated rings. The van der Waals surface area contributed by atoms with E-state index in [0.717, 1.165) is 5.56 Å². The molecule has 1 aromatic rings. The molecule has 1 rings (SSSR count). The molecule has 0 aromatic heterocycles.